The van der Waals surface area contributed by atoms with Gasteiger partial charge in [0.15, 0.2) is 5.96 Å². The predicted octanol–water partition coefficient (Wildman–Crippen LogP) is 1.09. The van der Waals surface area contributed by atoms with Crippen LogP contribution in [0.5, 0.6) is 0 Å². The first-order chi connectivity index (χ1) is 9.33. The Kier molecular flexibility index (Phi) is 3.55. The minimum atomic E-state index is 0.439. The zero-order chi connectivity index (χ0) is 13.1. The smallest absolute Gasteiger partial charge is 0.196 e. The van der Waals surface area contributed by atoms with Crippen LogP contribution in [0.4, 0.5) is 11.4 Å². The van der Waals surface area contributed by atoms with Gasteiger partial charge in [0.2, 0.25) is 0 Å². The van der Waals surface area contributed by atoms with Gasteiger partial charge in [-0.2, -0.15) is 0 Å². The fourth-order valence-electron chi connectivity index (χ4n) is 2.41. The van der Waals surface area contributed by atoms with E-state index in [0.29, 0.717) is 6.04 Å². The van der Waals surface area contributed by atoms with Crippen LogP contribution >= 0.6 is 0 Å². The first-order valence-electron chi connectivity index (χ1n) is 6.84. The van der Waals surface area contributed by atoms with Gasteiger partial charge in [-0.1, -0.05) is 12.1 Å². The van der Waals surface area contributed by atoms with E-state index < -0.39 is 0 Å². The molecule has 1 aromatic rings. The third kappa shape index (κ3) is 2.81. The quantitative estimate of drug-likeness (QED) is 0.836. The molecule has 0 saturated carbocycles. The zero-order valence-electron chi connectivity index (χ0n) is 11.2. The van der Waals surface area contributed by atoms with Crippen molar-refractivity contribution in [3.05, 3.63) is 24.3 Å². The van der Waals surface area contributed by atoms with Crippen molar-refractivity contribution in [3.8, 4) is 0 Å². The van der Waals surface area contributed by atoms with Crippen molar-refractivity contribution in [3.63, 3.8) is 0 Å². The first-order valence-corrected chi connectivity index (χ1v) is 6.84. The highest BCUT2D eigenvalue weighted by atomic mass is 16.5. The molecule has 2 aliphatic rings. The normalized spacial score (nSPS) is 25.2. The van der Waals surface area contributed by atoms with Gasteiger partial charge in [-0.05, 0) is 19.1 Å². The number of hydrogen-bond donors (Lipinski definition) is 2. The predicted molar refractivity (Wildman–Crippen MR) is 77.2 cm³/mol. The fraction of sp³-hybridized carbons (Fsp3) is 0.500. The average molecular weight is 260 g/mol. The summed E-state index contributed by atoms with van der Waals surface area (Å²) in [5.41, 5.74) is 2.19. The maximum absolute atomic E-state index is 5.41. The van der Waals surface area contributed by atoms with E-state index in [9.17, 15) is 0 Å². The molecule has 0 aliphatic carbocycles. The number of rotatable bonds is 2. The minimum Gasteiger partial charge on any atom is -0.378 e. The number of nitrogens with one attached hydrogen (secondary N) is 2. The molecule has 5 heteroatoms. The highest BCUT2D eigenvalue weighted by Gasteiger charge is 2.17. The van der Waals surface area contributed by atoms with Crippen LogP contribution in [-0.2, 0) is 4.74 Å². The number of hydrogen-bond acceptors (Lipinski definition) is 3. The summed E-state index contributed by atoms with van der Waals surface area (Å²) in [6, 6.07) is 8.72. The van der Waals surface area contributed by atoms with Gasteiger partial charge in [-0.15, -0.1) is 0 Å². The summed E-state index contributed by atoms with van der Waals surface area (Å²) in [5, 5.41) is 6.61. The molecule has 1 atom stereocenters. The maximum atomic E-state index is 5.41. The van der Waals surface area contributed by atoms with Crippen molar-refractivity contribution in [2.75, 3.05) is 37.7 Å². The largest absolute Gasteiger partial charge is 0.378 e. The fourth-order valence-corrected chi connectivity index (χ4v) is 2.41. The molecule has 2 saturated heterocycles. The molecule has 0 aromatic heterocycles. The van der Waals surface area contributed by atoms with E-state index in [-0.39, 0.29) is 0 Å². The Morgan fingerprint density at radius 3 is 2.79 bits per heavy atom. The van der Waals surface area contributed by atoms with Gasteiger partial charge in [0.1, 0.15) is 0 Å². The van der Waals surface area contributed by atoms with Gasteiger partial charge >= 0.3 is 0 Å². The van der Waals surface area contributed by atoms with Crippen LogP contribution < -0.4 is 15.5 Å². The van der Waals surface area contributed by atoms with Gasteiger partial charge in [-0.25, -0.2) is 4.99 Å². The van der Waals surface area contributed by atoms with Crippen molar-refractivity contribution >= 4 is 17.3 Å². The van der Waals surface area contributed by atoms with E-state index in [1.165, 1.54) is 5.69 Å². The Bertz CT molecular complexity index is 468. The third-order valence-corrected chi connectivity index (χ3v) is 3.42. The zero-order valence-corrected chi connectivity index (χ0v) is 11.2. The topological polar surface area (TPSA) is 48.9 Å². The standard InChI is InChI=1S/C14H20N4O/c1-11-10-15-14(16-11)17-12-4-2-3-5-13(12)18-6-8-19-9-7-18/h2-5,11H,6-10H2,1H3,(H2,15,16,17). The van der Waals surface area contributed by atoms with Crippen molar-refractivity contribution in [2.45, 2.75) is 13.0 Å². The first kappa shape index (κ1) is 12.3. The number of nitrogens with zero attached hydrogens (tertiary/aromatic N) is 2. The molecule has 102 valence electrons. The van der Waals surface area contributed by atoms with Crippen molar-refractivity contribution in [1.82, 2.24) is 10.6 Å². The van der Waals surface area contributed by atoms with Crippen LogP contribution in [0.1, 0.15) is 6.92 Å². The van der Waals surface area contributed by atoms with Crippen LogP contribution in [0.25, 0.3) is 0 Å². The lowest BCUT2D eigenvalue weighted by Crippen LogP contribution is -2.36. The van der Waals surface area contributed by atoms with Crippen molar-refractivity contribution in [2.24, 2.45) is 4.99 Å². The highest BCUT2D eigenvalue weighted by molar-refractivity contribution is 5.86. The van der Waals surface area contributed by atoms with Crippen molar-refractivity contribution < 1.29 is 4.74 Å². The molecule has 2 fully saturated rings. The van der Waals surface area contributed by atoms with Crippen LogP contribution in [-0.4, -0.2) is 44.8 Å². The minimum absolute atomic E-state index is 0.439. The number of benzene rings is 1. The third-order valence-electron chi connectivity index (χ3n) is 3.42. The van der Waals surface area contributed by atoms with E-state index in [4.69, 9.17) is 9.73 Å². The van der Waals surface area contributed by atoms with Gasteiger partial charge in [-0.3, -0.25) is 0 Å². The Morgan fingerprint density at radius 2 is 2.05 bits per heavy atom. The molecule has 0 bridgehead atoms. The summed E-state index contributed by atoms with van der Waals surface area (Å²) in [6.07, 6.45) is 0. The van der Waals surface area contributed by atoms with Gasteiger partial charge in [0, 0.05) is 25.7 Å². The Labute approximate surface area is 113 Å². The highest BCUT2D eigenvalue weighted by Crippen LogP contribution is 2.29. The number of ether oxygens (including phenoxy) is 1. The molecule has 1 unspecified atom stereocenters. The van der Waals surface area contributed by atoms with Gasteiger partial charge in [0.25, 0.3) is 0 Å². The monoisotopic (exact) mass is 260 g/mol. The number of guanidine groups is 1. The van der Waals surface area contributed by atoms with Crippen LogP contribution in [0.2, 0.25) is 0 Å². The molecule has 2 heterocycles. The summed E-state index contributed by atoms with van der Waals surface area (Å²) < 4.78 is 5.41. The lowest BCUT2D eigenvalue weighted by molar-refractivity contribution is 0.123. The summed E-state index contributed by atoms with van der Waals surface area (Å²) >= 11 is 0. The number of aliphatic imine (C=N–C) groups is 1. The van der Waals surface area contributed by atoms with E-state index in [1.807, 2.05) is 6.07 Å². The SMILES string of the molecule is CC1CNC(=Nc2ccccc2N2CCOCC2)N1. The second kappa shape index (κ2) is 5.48. The van der Waals surface area contributed by atoms with Gasteiger partial charge in [0.05, 0.1) is 24.6 Å². The molecule has 5 nitrogen and oxygen atoms in total. The lowest BCUT2D eigenvalue weighted by atomic mass is 10.2. The maximum Gasteiger partial charge on any atom is 0.196 e. The second-order valence-electron chi connectivity index (χ2n) is 4.97. The molecule has 19 heavy (non-hydrogen) atoms. The molecule has 3 rings (SSSR count). The number of morpholine rings is 1. The van der Waals surface area contributed by atoms with E-state index in [0.717, 1.165) is 44.5 Å². The molecule has 2 N–H and O–H groups in total. The molecular weight excluding hydrogens is 240 g/mol. The van der Waals surface area contributed by atoms with Crippen molar-refractivity contribution in [1.29, 1.82) is 0 Å². The van der Waals surface area contributed by atoms with Gasteiger partial charge < -0.3 is 20.3 Å². The summed E-state index contributed by atoms with van der Waals surface area (Å²) in [6.45, 7) is 6.51. The van der Waals surface area contributed by atoms with Crippen LogP contribution in [0, 0.1) is 0 Å². The van der Waals surface area contributed by atoms with E-state index in [2.05, 4.69) is 40.7 Å². The van der Waals surface area contributed by atoms with E-state index >= 15 is 0 Å². The molecular formula is C14H20N4O. The Morgan fingerprint density at radius 1 is 1.26 bits per heavy atom. The second-order valence-corrected chi connectivity index (χ2v) is 4.97. The van der Waals surface area contributed by atoms with Crippen LogP contribution in [0.3, 0.4) is 0 Å². The Hall–Kier alpha value is -1.75. The molecule has 0 amide bonds. The summed E-state index contributed by atoms with van der Waals surface area (Å²) in [4.78, 5) is 7.03. The Balaban J connectivity index is 1.84. The molecule has 0 spiro atoms. The molecule has 1 aromatic carbocycles. The molecule has 0 radical (unpaired) electrons. The average Bonchev–Trinajstić information content (AvgIpc) is 2.86. The summed E-state index contributed by atoms with van der Waals surface area (Å²) in [7, 11) is 0. The number of anilines is 1. The molecule has 2 aliphatic heterocycles. The lowest BCUT2D eigenvalue weighted by Gasteiger charge is -2.29. The van der Waals surface area contributed by atoms with Crippen LogP contribution in [0.15, 0.2) is 29.3 Å². The summed E-state index contributed by atoms with van der Waals surface area (Å²) in [5.74, 6) is 0.869. The van der Waals surface area contributed by atoms with E-state index in [1.54, 1.807) is 0 Å². The number of para-hydroxylation sites is 2.